The Morgan fingerprint density at radius 1 is 1.32 bits per heavy atom. The predicted molar refractivity (Wildman–Crippen MR) is 77.3 cm³/mol. The molecule has 19 heavy (non-hydrogen) atoms. The number of nitrogens with two attached hydrogens (primary N) is 1. The molecule has 7 nitrogen and oxygen atoms in total. The third-order valence-electron chi connectivity index (χ3n) is 3.46. The number of likely N-dealkylation sites (N-methyl/N-ethyl adjacent to an activating group) is 1. The van der Waals surface area contributed by atoms with Gasteiger partial charge in [0.2, 0.25) is 17.8 Å². The Labute approximate surface area is 114 Å². The number of nitrogens with one attached hydrogen (secondary N) is 1. The summed E-state index contributed by atoms with van der Waals surface area (Å²) in [5.74, 6) is 1.38. The van der Waals surface area contributed by atoms with E-state index in [0.717, 1.165) is 13.1 Å². The summed E-state index contributed by atoms with van der Waals surface area (Å²) in [6.45, 7) is 2.00. The van der Waals surface area contributed by atoms with Gasteiger partial charge in [-0.2, -0.15) is 15.0 Å². The molecule has 1 atom stereocenters. The number of aromatic nitrogens is 3. The minimum absolute atomic E-state index is 0.248. The Morgan fingerprint density at radius 2 is 2.11 bits per heavy atom. The molecule has 1 unspecified atom stereocenters. The third kappa shape index (κ3) is 3.66. The highest BCUT2D eigenvalue weighted by Crippen LogP contribution is 2.16. The summed E-state index contributed by atoms with van der Waals surface area (Å²) in [7, 11) is 5.93. The molecule has 1 aliphatic heterocycles. The first kappa shape index (κ1) is 13.8. The van der Waals surface area contributed by atoms with E-state index in [-0.39, 0.29) is 5.95 Å². The molecular formula is C12H23N7. The summed E-state index contributed by atoms with van der Waals surface area (Å²) in [5.41, 5.74) is 5.69. The van der Waals surface area contributed by atoms with Gasteiger partial charge in [0, 0.05) is 26.7 Å². The van der Waals surface area contributed by atoms with E-state index in [2.05, 4.69) is 32.2 Å². The number of nitrogen functional groups attached to an aromatic ring is 1. The van der Waals surface area contributed by atoms with Gasteiger partial charge in [-0.25, -0.2) is 0 Å². The molecule has 0 aromatic carbocycles. The van der Waals surface area contributed by atoms with Crippen molar-refractivity contribution in [3.63, 3.8) is 0 Å². The van der Waals surface area contributed by atoms with Crippen LogP contribution in [0.25, 0.3) is 0 Å². The Hall–Kier alpha value is -1.63. The van der Waals surface area contributed by atoms with Crippen LogP contribution in [0.1, 0.15) is 19.3 Å². The van der Waals surface area contributed by atoms with Gasteiger partial charge in [0.1, 0.15) is 0 Å². The van der Waals surface area contributed by atoms with Gasteiger partial charge in [0.05, 0.1) is 0 Å². The highest BCUT2D eigenvalue weighted by Gasteiger charge is 2.19. The zero-order valence-electron chi connectivity index (χ0n) is 11.9. The molecule has 0 spiro atoms. The summed E-state index contributed by atoms with van der Waals surface area (Å²) in [6.07, 6.45) is 3.79. The van der Waals surface area contributed by atoms with Crippen LogP contribution < -0.4 is 16.0 Å². The molecule has 0 bridgehead atoms. The van der Waals surface area contributed by atoms with Crippen molar-refractivity contribution in [2.24, 2.45) is 0 Å². The highest BCUT2D eigenvalue weighted by molar-refractivity contribution is 5.40. The van der Waals surface area contributed by atoms with Crippen LogP contribution in [0.2, 0.25) is 0 Å². The first-order valence-corrected chi connectivity index (χ1v) is 6.69. The van der Waals surface area contributed by atoms with E-state index >= 15 is 0 Å². The molecule has 0 aliphatic carbocycles. The van der Waals surface area contributed by atoms with Gasteiger partial charge >= 0.3 is 0 Å². The van der Waals surface area contributed by atoms with E-state index in [0.29, 0.717) is 17.9 Å². The normalized spacial score (nSPS) is 20.3. The van der Waals surface area contributed by atoms with Crippen LogP contribution in [0.15, 0.2) is 0 Å². The SMILES string of the molecule is CN(C)c1nc(N)nc(NCC2CCCCN2C)n1. The zero-order valence-corrected chi connectivity index (χ0v) is 11.9. The van der Waals surface area contributed by atoms with Crippen LogP contribution in [0.5, 0.6) is 0 Å². The molecule has 2 heterocycles. The minimum atomic E-state index is 0.248. The van der Waals surface area contributed by atoms with Gasteiger partial charge in [0.25, 0.3) is 0 Å². The van der Waals surface area contributed by atoms with Gasteiger partial charge in [-0.1, -0.05) is 6.42 Å². The Bertz CT molecular complexity index is 421. The molecular weight excluding hydrogens is 242 g/mol. The van der Waals surface area contributed by atoms with Crippen LogP contribution in [0.3, 0.4) is 0 Å². The van der Waals surface area contributed by atoms with Crippen LogP contribution in [-0.4, -0.2) is 60.1 Å². The molecule has 0 radical (unpaired) electrons. The number of hydrogen-bond donors (Lipinski definition) is 2. The lowest BCUT2D eigenvalue weighted by molar-refractivity contribution is 0.194. The Balaban J connectivity index is 1.98. The summed E-state index contributed by atoms with van der Waals surface area (Å²) in [6, 6.07) is 0.537. The van der Waals surface area contributed by atoms with Gasteiger partial charge in [-0.3, -0.25) is 0 Å². The second-order valence-electron chi connectivity index (χ2n) is 5.22. The van der Waals surface area contributed by atoms with Crippen molar-refractivity contribution in [2.45, 2.75) is 25.3 Å². The fourth-order valence-corrected chi connectivity index (χ4v) is 2.27. The van der Waals surface area contributed by atoms with Crippen molar-refractivity contribution in [3.8, 4) is 0 Å². The van der Waals surface area contributed by atoms with Crippen LogP contribution in [0.4, 0.5) is 17.8 Å². The average Bonchev–Trinajstić information content (AvgIpc) is 2.37. The maximum Gasteiger partial charge on any atom is 0.231 e. The molecule has 7 heteroatoms. The smallest absolute Gasteiger partial charge is 0.231 e. The number of anilines is 3. The van der Waals surface area contributed by atoms with Crippen LogP contribution in [0, 0.1) is 0 Å². The van der Waals surface area contributed by atoms with Gasteiger partial charge in [-0.15, -0.1) is 0 Å². The molecule has 2 rings (SSSR count). The number of hydrogen-bond acceptors (Lipinski definition) is 7. The minimum Gasteiger partial charge on any atom is -0.368 e. The van der Waals surface area contributed by atoms with Crippen molar-refractivity contribution < 1.29 is 0 Å². The lowest BCUT2D eigenvalue weighted by atomic mass is 10.0. The third-order valence-corrected chi connectivity index (χ3v) is 3.46. The molecule has 0 saturated carbocycles. The summed E-state index contributed by atoms with van der Waals surface area (Å²) in [5, 5.41) is 3.27. The van der Waals surface area contributed by atoms with E-state index in [9.17, 15) is 0 Å². The van der Waals surface area contributed by atoms with E-state index in [1.165, 1.54) is 19.3 Å². The van der Waals surface area contributed by atoms with Gasteiger partial charge < -0.3 is 20.9 Å². The van der Waals surface area contributed by atoms with E-state index in [4.69, 9.17) is 5.73 Å². The topological polar surface area (TPSA) is 83.2 Å². The van der Waals surface area contributed by atoms with Crippen molar-refractivity contribution in [2.75, 3.05) is 50.2 Å². The summed E-state index contributed by atoms with van der Waals surface area (Å²) < 4.78 is 0. The molecule has 0 amide bonds. The number of rotatable bonds is 4. The fourth-order valence-electron chi connectivity index (χ4n) is 2.27. The Morgan fingerprint density at radius 3 is 2.79 bits per heavy atom. The zero-order chi connectivity index (χ0) is 13.8. The fraction of sp³-hybridized carbons (Fsp3) is 0.750. The molecule has 1 aromatic heterocycles. The van der Waals surface area contributed by atoms with Crippen LogP contribution >= 0.6 is 0 Å². The molecule has 3 N–H and O–H groups in total. The first-order valence-electron chi connectivity index (χ1n) is 6.69. The average molecular weight is 265 g/mol. The number of nitrogens with zero attached hydrogens (tertiary/aromatic N) is 5. The summed E-state index contributed by atoms with van der Waals surface area (Å²) >= 11 is 0. The maximum absolute atomic E-state index is 5.69. The van der Waals surface area contributed by atoms with Gasteiger partial charge in [-0.05, 0) is 26.4 Å². The van der Waals surface area contributed by atoms with E-state index < -0.39 is 0 Å². The standard InChI is InChI=1S/C12H23N7/c1-18(2)12-16-10(13)15-11(17-12)14-8-9-6-4-5-7-19(9)3/h9H,4-8H2,1-3H3,(H3,13,14,15,16,17). The van der Waals surface area contributed by atoms with Crippen molar-refractivity contribution >= 4 is 17.8 Å². The molecule has 106 valence electrons. The second-order valence-corrected chi connectivity index (χ2v) is 5.22. The van der Waals surface area contributed by atoms with Gasteiger partial charge in [0.15, 0.2) is 0 Å². The number of likely N-dealkylation sites (tertiary alicyclic amines) is 1. The molecule has 1 fully saturated rings. The first-order chi connectivity index (χ1) is 9.06. The van der Waals surface area contributed by atoms with Crippen molar-refractivity contribution in [3.05, 3.63) is 0 Å². The monoisotopic (exact) mass is 265 g/mol. The summed E-state index contributed by atoms with van der Waals surface area (Å²) in [4.78, 5) is 16.7. The van der Waals surface area contributed by atoms with Crippen molar-refractivity contribution in [1.29, 1.82) is 0 Å². The van der Waals surface area contributed by atoms with Crippen LogP contribution in [-0.2, 0) is 0 Å². The Kier molecular flexibility index (Phi) is 4.36. The lowest BCUT2D eigenvalue weighted by Gasteiger charge is -2.32. The largest absolute Gasteiger partial charge is 0.368 e. The number of piperidine rings is 1. The second kappa shape index (κ2) is 6.01. The highest BCUT2D eigenvalue weighted by atomic mass is 15.3. The van der Waals surface area contributed by atoms with E-state index in [1.807, 2.05) is 19.0 Å². The maximum atomic E-state index is 5.69. The quantitative estimate of drug-likeness (QED) is 0.816. The lowest BCUT2D eigenvalue weighted by Crippen LogP contribution is -2.41. The molecule has 1 aromatic rings. The van der Waals surface area contributed by atoms with Crippen molar-refractivity contribution in [1.82, 2.24) is 19.9 Å². The molecule has 1 aliphatic rings. The van der Waals surface area contributed by atoms with E-state index in [1.54, 1.807) is 0 Å². The predicted octanol–water partition coefficient (Wildman–Crippen LogP) is 0.416. The molecule has 1 saturated heterocycles.